The van der Waals surface area contributed by atoms with E-state index in [-0.39, 0.29) is 37.2 Å². The quantitative estimate of drug-likeness (QED) is 0.164. The number of hydrogen-bond acceptors (Lipinski definition) is 6. The number of likely N-dealkylation sites (tertiary alicyclic amines) is 1. The van der Waals surface area contributed by atoms with Crippen LogP contribution in [-0.2, 0) is 20.8 Å². The molecule has 0 radical (unpaired) electrons. The fraction of sp³-hybridized carbons (Fsp3) is 0.514. The molecule has 5 N–H and O–H groups in total. The van der Waals surface area contributed by atoms with Crippen LogP contribution in [0.5, 0.6) is 5.75 Å². The van der Waals surface area contributed by atoms with Gasteiger partial charge in [0.25, 0.3) is 0 Å². The number of ether oxygens (including phenoxy) is 1. The van der Waals surface area contributed by atoms with E-state index in [9.17, 15) is 29.1 Å². The van der Waals surface area contributed by atoms with E-state index < -0.39 is 23.5 Å². The van der Waals surface area contributed by atoms with E-state index in [1.165, 1.54) is 12.0 Å². The second kappa shape index (κ2) is 17.9. The zero-order chi connectivity index (χ0) is 35.3. The Hall–Kier alpha value is -4.81. The monoisotopic (exact) mass is 666 g/mol. The zero-order valence-electron chi connectivity index (χ0n) is 28.7. The number of aryl methyl sites for hydroxylation is 2. The fourth-order valence-electron chi connectivity index (χ4n) is 5.40. The van der Waals surface area contributed by atoms with Gasteiger partial charge in [-0.05, 0) is 67.9 Å². The maximum absolute atomic E-state index is 13.1. The van der Waals surface area contributed by atoms with Crippen LogP contribution in [-0.4, -0.2) is 90.6 Å². The molecule has 2 aromatic rings. The molecule has 0 aromatic heterocycles. The number of amides is 6. The Balaban J connectivity index is 1.45. The maximum Gasteiger partial charge on any atom is 0.323 e. The Morgan fingerprint density at radius 3 is 2.42 bits per heavy atom. The Labute approximate surface area is 282 Å². The Morgan fingerprint density at radius 2 is 1.75 bits per heavy atom. The molecule has 2 aromatic carbocycles. The molecule has 1 aliphatic rings. The van der Waals surface area contributed by atoms with E-state index in [1.807, 2.05) is 51.1 Å². The van der Waals surface area contributed by atoms with Gasteiger partial charge in [-0.2, -0.15) is 0 Å². The SMILES string of the molecule is COc1cc(CCC(=O)NCC(C)(C)CNC(=O)N(CCCN2CCCC2=O)C(C)CC(=O)O)ccc1NC(=O)Nc1ccccc1C. The third-order valence-corrected chi connectivity index (χ3v) is 8.29. The van der Waals surface area contributed by atoms with Crippen molar-refractivity contribution in [2.75, 3.05) is 50.5 Å². The molecule has 6 amide bonds. The minimum atomic E-state index is -0.995. The molecular formula is C35H50N6O7. The van der Waals surface area contributed by atoms with Crippen LogP contribution in [0.15, 0.2) is 42.5 Å². The lowest BCUT2D eigenvalue weighted by molar-refractivity contribution is -0.138. The smallest absolute Gasteiger partial charge is 0.323 e. The fourth-order valence-corrected chi connectivity index (χ4v) is 5.40. The van der Waals surface area contributed by atoms with E-state index in [4.69, 9.17) is 4.74 Å². The minimum absolute atomic E-state index is 0.110. The summed E-state index contributed by atoms with van der Waals surface area (Å²) >= 11 is 0. The van der Waals surface area contributed by atoms with Gasteiger partial charge >= 0.3 is 18.0 Å². The molecule has 48 heavy (non-hydrogen) atoms. The van der Waals surface area contributed by atoms with Gasteiger partial charge < -0.3 is 40.9 Å². The Bertz CT molecular complexity index is 1450. The van der Waals surface area contributed by atoms with Crippen molar-refractivity contribution in [3.63, 3.8) is 0 Å². The van der Waals surface area contributed by atoms with Crippen LogP contribution in [0.25, 0.3) is 0 Å². The Kier molecular flexibility index (Phi) is 14.1. The number of anilines is 2. The lowest BCUT2D eigenvalue weighted by Crippen LogP contribution is -2.50. The molecule has 0 bridgehead atoms. The van der Waals surface area contributed by atoms with Gasteiger partial charge in [0, 0.05) is 57.3 Å². The molecule has 0 saturated carbocycles. The van der Waals surface area contributed by atoms with E-state index in [0.29, 0.717) is 62.6 Å². The van der Waals surface area contributed by atoms with Gasteiger partial charge in [-0.1, -0.05) is 38.1 Å². The number of carboxylic acid groups (broad SMARTS) is 1. The van der Waals surface area contributed by atoms with Crippen LogP contribution < -0.4 is 26.0 Å². The van der Waals surface area contributed by atoms with E-state index in [1.54, 1.807) is 24.0 Å². The lowest BCUT2D eigenvalue weighted by Gasteiger charge is -2.32. The van der Waals surface area contributed by atoms with Crippen LogP contribution in [0.3, 0.4) is 0 Å². The third kappa shape index (κ3) is 12.1. The van der Waals surface area contributed by atoms with E-state index in [0.717, 1.165) is 17.5 Å². The average molecular weight is 667 g/mol. The van der Waals surface area contributed by atoms with Crippen LogP contribution >= 0.6 is 0 Å². The molecule has 1 aliphatic heterocycles. The van der Waals surface area contributed by atoms with Gasteiger partial charge in [0.05, 0.1) is 19.2 Å². The lowest BCUT2D eigenvalue weighted by atomic mass is 9.93. The van der Waals surface area contributed by atoms with Crippen LogP contribution in [0.2, 0.25) is 0 Å². The molecule has 13 heteroatoms. The second-order valence-corrected chi connectivity index (χ2v) is 13.0. The molecule has 13 nitrogen and oxygen atoms in total. The largest absolute Gasteiger partial charge is 0.495 e. The predicted molar refractivity (Wildman–Crippen MR) is 184 cm³/mol. The van der Waals surface area contributed by atoms with Crippen molar-refractivity contribution in [1.82, 2.24) is 20.4 Å². The van der Waals surface area contributed by atoms with Crippen molar-refractivity contribution in [1.29, 1.82) is 0 Å². The number of nitrogens with one attached hydrogen (secondary N) is 4. The van der Waals surface area contributed by atoms with Crippen LogP contribution in [0.1, 0.15) is 64.0 Å². The number of benzene rings is 2. The standard InChI is InChI=1S/C35H50N6O7/c1-24-10-6-7-11-27(24)38-33(46)39-28-15-13-26(21-29(28)48-5)14-16-30(42)36-22-35(3,4)23-37-34(47)41(25(2)20-32(44)45)19-9-18-40-17-8-12-31(40)43/h6-7,10-11,13,15,21,25H,8-9,12,14,16-20,22-23H2,1-5H3,(H,36,42)(H,37,47)(H,44,45)(H2,38,39,46). The summed E-state index contributed by atoms with van der Waals surface area (Å²) in [7, 11) is 1.51. The van der Waals surface area contributed by atoms with Crippen molar-refractivity contribution < 1.29 is 33.8 Å². The second-order valence-electron chi connectivity index (χ2n) is 13.0. The summed E-state index contributed by atoms with van der Waals surface area (Å²) in [6.07, 6.45) is 2.42. The molecule has 1 heterocycles. The highest BCUT2D eigenvalue weighted by Crippen LogP contribution is 2.27. The molecule has 262 valence electrons. The first kappa shape index (κ1) is 37.6. The first-order chi connectivity index (χ1) is 22.8. The molecule has 1 saturated heterocycles. The van der Waals surface area contributed by atoms with Crippen LogP contribution in [0.4, 0.5) is 21.0 Å². The Morgan fingerprint density at radius 1 is 1.04 bits per heavy atom. The van der Waals surface area contributed by atoms with Crippen molar-refractivity contribution in [3.05, 3.63) is 53.6 Å². The van der Waals surface area contributed by atoms with Crippen LogP contribution in [0, 0.1) is 12.3 Å². The number of carbonyl (C=O) groups excluding carboxylic acids is 4. The number of rotatable bonds is 17. The summed E-state index contributed by atoms with van der Waals surface area (Å²) in [5.41, 5.74) is 2.53. The summed E-state index contributed by atoms with van der Waals surface area (Å²) < 4.78 is 5.48. The molecule has 0 aliphatic carbocycles. The first-order valence-electron chi connectivity index (χ1n) is 16.4. The summed E-state index contributed by atoms with van der Waals surface area (Å²) in [4.78, 5) is 65.0. The van der Waals surface area contributed by atoms with Gasteiger partial charge in [-0.25, -0.2) is 9.59 Å². The normalized spacial score (nSPS) is 13.4. The van der Waals surface area contributed by atoms with Gasteiger partial charge in [0.15, 0.2) is 0 Å². The van der Waals surface area contributed by atoms with E-state index in [2.05, 4.69) is 21.3 Å². The number of methoxy groups -OCH3 is 1. The van der Waals surface area contributed by atoms with Crippen molar-refractivity contribution in [2.24, 2.45) is 5.41 Å². The molecule has 0 spiro atoms. The van der Waals surface area contributed by atoms with Gasteiger partial charge in [-0.3, -0.25) is 14.4 Å². The topological polar surface area (TPSA) is 169 Å². The highest BCUT2D eigenvalue weighted by atomic mass is 16.5. The molecule has 1 unspecified atom stereocenters. The summed E-state index contributed by atoms with van der Waals surface area (Å²) in [6.45, 7) is 9.58. The van der Waals surface area contributed by atoms with E-state index >= 15 is 0 Å². The number of nitrogens with zero attached hydrogens (tertiary/aromatic N) is 2. The molecular weight excluding hydrogens is 616 g/mol. The van der Waals surface area contributed by atoms with Gasteiger partial charge in [-0.15, -0.1) is 0 Å². The summed E-state index contributed by atoms with van der Waals surface area (Å²) in [6, 6.07) is 11.5. The third-order valence-electron chi connectivity index (χ3n) is 8.29. The zero-order valence-corrected chi connectivity index (χ0v) is 28.7. The van der Waals surface area contributed by atoms with Gasteiger partial charge in [0.1, 0.15) is 5.75 Å². The van der Waals surface area contributed by atoms with Crippen molar-refractivity contribution in [2.45, 2.75) is 72.3 Å². The maximum atomic E-state index is 13.1. The minimum Gasteiger partial charge on any atom is -0.495 e. The molecule has 1 atom stereocenters. The number of carbonyl (C=O) groups is 5. The van der Waals surface area contributed by atoms with Crippen molar-refractivity contribution in [3.8, 4) is 5.75 Å². The number of para-hydroxylation sites is 1. The first-order valence-corrected chi connectivity index (χ1v) is 16.4. The summed E-state index contributed by atoms with van der Waals surface area (Å²) in [5, 5.41) is 20.8. The molecule has 1 fully saturated rings. The summed E-state index contributed by atoms with van der Waals surface area (Å²) in [5.74, 6) is -0.563. The predicted octanol–water partition coefficient (Wildman–Crippen LogP) is 4.61. The van der Waals surface area contributed by atoms with Gasteiger partial charge in [0.2, 0.25) is 11.8 Å². The highest BCUT2D eigenvalue weighted by molar-refractivity contribution is 6.01. The number of hydrogen-bond donors (Lipinski definition) is 5. The number of aliphatic carboxylic acids is 1. The average Bonchev–Trinajstić information content (AvgIpc) is 3.45. The van der Waals surface area contributed by atoms with Crippen molar-refractivity contribution >= 4 is 41.2 Å². The number of urea groups is 2. The molecule has 3 rings (SSSR count). The number of carboxylic acids is 1. The highest BCUT2D eigenvalue weighted by Gasteiger charge is 2.26.